The second-order valence-electron chi connectivity index (χ2n) is 0.0833. The largest absolute Gasteiger partial charge is 0.857 e. The number of hydrogen-bond donors (Lipinski definition) is 0. The normalized spacial score (nSPS) is 2.50. The van der Waals surface area contributed by atoms with E-state index in [0.29, 0.717) is 0 Å². The van der Waals surface area contributed by atoms with E-state index in [1.165, 1.54) is 0 Å². The maximum atomic E-state index is 8.25. The minimum atomic E-state index is 0. The maximum absolute atomic E-state index is 8.25. The van der Waals surface area contributed by atoms with Crippen LogP contribution in [-0.2, 0) is 9.59 Å². The third-order valence-corrected chi connectivity index (χ3v) is 0. The number of rotatable bonds is 0. The predicted octanol–water partition coefficient (Wildman–Crippen LogP) is -3.21. The van der Waals surface area contributed by atoms with Gasteiger partial charge in [-0.05, 0) is 0 Å². The first kappa shape index (κ1) is 26.8. The Kier molecular flexibility index (Phi) is 8570. The lowest BCUT2D eigenvalue weighted by Crippen LogP contribution is -1.81. The molecule has 54 valence electrons. The monoisotopic (exact) mass is 126 g/mol. The van der Waals surface area contributed by atoms with Crippen molar-refractivity contribution in [3.05, 3.63) is 0 Å². The van der Waals surface area contributed by atoms with Crippen molar-refractivity contribution in [2.45, 2.75) is 0 Å². The molecule has 0 spiro atoms. The first-order valence-corrected chi connectivity index (χ1v) is 1.22. The lowest BCUT2D eigenvalue weighted by atomic mass is 11.8. The van der Waals surface area contributed by atoms with Gasteiger partial charge in [-0.3, -0.25) is 0 Å². The molecule has 0 atom stereocenters. The van der Waals surface area contributed by atoms with Crippen LogP contribution in [0.1, 0.15) is 1.43 Å². The molecule has 0 heterocycles. The molecule has 0 bridgehead atoms. The Bertz CT molecular complexity index is 33.2. The molecule has 0 saturated heterocycles. The molecule has 2 N–H and O–H groups in total. The Labute approximate surface area is 48.4 Å². The molecule has 0 aliphatic heterocycles. The molecule has 0 rings (SSSR count). The van der Waals surface area contributed by atoms with Crippen molar-refractivity contribution >= 4 is 6.15 Å². The first-order valence-electron chi connectivity index (χ1n) is 1.22. The van der Waals surface area contributed by atoms with Gasteiger partial charge in [-0.15, -0.1) is 0 Å². The summed E-state index contributed by atoms with van der Waals surface area (Å²) < 4.78 is 0. The molecule has 5 heteroatoms. The Morgan fingerprint density at radius 2 is 1.12 bits per heavy atom. The quantitative estimate of drug-likeness (QED) is 0.340. The SMILES string of the molecule is C[O-].C[O-].O.O=C=O.[HH]. The highest BCUT2D eigenvalue weighted by molar-refractivity contribution is 5.20. The van der Waals surface area contributed by atoms with Crippen molar-refractivity contribution in [2.24, 2.45) is 0 Å². The lowest BCUT2D eigenvalue weighted by Gasteiger charge is -1.57. The van der Waals surface area contributed by atoms with Crippen LogP contribution in [0.3, 0.4) is 0 Å². The van der Waals surface area contributed by atoms with E-state index in [-0.39, 0.29) is 13.1 Å². The van der Waals surface area contributed by atoms with E-state index < -0.39 is 0 Å². The van der Waals surface area contributed by atoms with Gasteiger partial charge in [0.1, 0.15) is 0 Å². The predicted molar refractivity (Wildman–Crippen MR) is 22.6 cm³/mol. The summed E-state index contributed by atoms with van der Waals surface area (Å²) in [5.74, 6) is 0. The van der Waals surface area contributed by atoms with E-state index in [4.69, 9.17) is 19.8 Å². The van der Waals surface area contributed by atoms with Gasteiger partial charge in [0.15, 0.2) is 0 Å². The zero-order chi connectivity index (χ0) is 6.71. The van der Waals surface area contributed by atoms with Gasteiger partial charge < -0.3 is 15.7 Å². The molecule has 0 unspecified atom stereocenters. The molecule has 0 aliphatic carbocycles. The molecule has 5 nitrogen and oxygen atoms in total. The summed E-state index contributed by atoms with van der Waals surface area (Å²) >= 11 is 0. The van der Waals surface area contributed by atoms with Crippen LogP contribution in [0.15, 0.2) is 0 Å². The van der Waals surface area contributed by atoms with Crippen LogP contribution in [0, 0.1) is 0 Å². The molecular weight excluding hydrogens is 116 g/mol. The summed E-state index contributed by atoms with van der Waals surface area (Å²) in [6.45, 7) is 0. The van der Waals surface area contributed by atoms with Crippen molar-refractivity contribution in [3.8, 4) is 0 Å². The Hall–Kier alpha value is -0.740. The van der Waals surface area contributed by atoms with Gasteiger partial charge in [0.2, 0.25) is 0 Å². The minimum absolute atomic E-state index is 0. The van der Waals surface area contributed by atoms with Crippen LogP contribution in [-0.4, -0.2) is 25.8 Å². The van der Waals surface area contributed by atoms with Crippen LogP contribution in [0.5, 0.6) is 0 Å². The average molecular weight is 126 g/mol. The molecule has 0 aromatic carbocycles. The summed E-state index contributed by atoms with van der Waals surface area (Å²) in [6.07, 6.45) is 0.250. The third-order valence-electron chi connectivity index (χ3n) is 0. The summed E-state index contributed by atoms with van der Waals surface area (Å²) in [6, 6.07) is 0. The molecule has 0 aliphatic rings. The molecule has 0 amide bonds. The molecule has 0 aromatic heterocycles. The van der Waals surface area contributed by atoms with Crippen LogP contribution in [0.4, 0.5) is 0 Å². The van der Waals surface area contributed by atoms with Crippen molar-refractivity contribution in [1.82, 2.24) is 0 Å². The van der Waals surface area contributed by atoms with Gasteiger partial charge in [0.25, 0.3) is 0 Å². The van der Waals surface area contributed by atoms with Gasteiger partial charge in [0.05, 0.1) is 0 Å². The number of carbonyl (C=O) groups excluding carboxylic acids is 2. The van der Waals surface area contributed by atoms with Crippen molar-refractivity contribution in [2.75, 3.05) is 14.2 Å². The highest BCUT2D eigenvalue weighted by Gasteiger charge is 1.13. The number of hydrogen-bond acceptors (Lipinski definition) is 4. The molecular formula is C3H10O5-2. The molecule has 0 fully saturated rings. The first-order chi connectivity index (χ1) is 3.41. The molecule has 0 saturated carbocycles. The third kappa shape index (κ3) is 174. The van der Waals surface area contributed by atoms with Crippen LogP contribution in [0.2, 0.25) is 0 Å². The topological polar surface area (TPSA) is 112 Å². The van der Waals surface area contributed by atoms with Crippen molar-refractivity contribution < 1.29 is 26.7 Å². The van der Waals surface area contributed by atoms with E-state index >= 15 is 0 Å². The summed E-state index contributed by atoms with van der Waals surface area (Å²) in [4.78, 5) is 16.2. The smallest absolute Gasteiger partial charge is 0.373 e. The second kappa shape index (κ2) is 2560. The molecule has 8 heavy (non-hydrogen) atoms. The van der Waals surface area contributed by atoms with Crippen molar-refractivity contribution in [3.63, 3.8) is 0 Å². The van der Waals surface area contributed by atoms with Gasteiger partial charge in [0, 0.05) is 1.43 Å². The van der Waals surface area contributed by atoms with Crippen LogP contribution >= 0.6 is 0 Å². The standard InChI is InChI=1S/CO2.2CH3O.H2O.H2/c2-1-3;2*1-2;;/h;2*1H3;1H2;1H/q;2*-1;;. The highest BCUT2D eigenvalue weighted by atomic mass is 16.2. The zero-order valence-corrected chi connectivity index (χ0v) is 4.63. The van der Waals surface area contributed by atoms with E-state index in [9.17, 15) is 0 Å². The summed E-state index contributed by atoms with van der Waals surface area (Å²) in [5.41, 5.74) is 0. The van der Waals surface area contributed by atoms with E-state index in [0.717, 1.165) is 14.2 Å². The summed E-state index contributed by atoms with van der Waals surface area (Å²) in [5, 5.41) is 16.5. The Morgan fingerprint density at radius 3 is 1.12 bits per heavy atom. The Morgan fingerprint density at radius 1 is 1.12 bits per heavy atom. The van der Waals surface area contributed by atoms with Gasteiger partial charge in [-0.25, -0.2) is 0 Å². The maximum Gasteiger partial charge on any atom is 0.373 e. The van der Waals surface area contributed by atoms with Gasteiger partial charge in [-0.2, -0.15) is 23.8 Å². The van der Waals surface area contributed by atoms with E-state index in [2.05, 4.69) is 0 Å². The second-order valence-corrected chi connectivity index (χ2v) is 0.0833. The fourth-order valence-corrected chi connectivity index (χ4v) is 0. The highest BCUT2D eigenvalue weighted by Crippen LogP contribution is 0.787. The zero-order valence-electron chi connectivity index (χ0n) is 4.63. The fraction of sp³-hybridized carbons (Fsp3) is 0.667. The summed E-state index contributed by atoms with van der Waals surface area (Å²) in [7, 11) is 1.50. The molecule has 0 aromatic rings. The van der Waals surface area contributed by atoms with Crippen LogP contribution in [0.25, 0.3) is 0 Å². The molecule has 0 radical (unpaired) electrons. The average Bonchev–Trinajstić information content (AvgIpc) is 1.78. The Balaban J connectivity index is -0.00000000825. The van der Waals surface area contributed by atoms with E-state index in [1.54, 1.807) is 0 Å². The van der Waals surface area contributed by atoms with Crippen molar-refractivity contribution in [1.29, 1.82) is 0 Å². The van der Waals surface area contributed by atoms with Crippen LogP contribution < -0.4 is 10.2 Å². The lowest BCUT2D eigenvalue weighted by molar-refractivity contribution is -0.325. The van der Waals surface area contributed by atoms with Gasteiger partial charge >= 0.3 is 6.15 Å². The van der Waals surface area contributed by atoms with E-state index in [1.807, 2.05) is 0 Å². The minimum Gasteiger partial charge on any atom is -0.857 e. The van der Waals surface area contributed by atoms with Gasteiger partial charge in [-0.1, -0.05) is 0 Å². The fourth-order valence-electron chi connectivity index (χ4n) is 0.